The normalized spacial score (nSPS) is 30.3. The van der Waals surface area contributed by atoms with E-state index in [4.69, 9.17) is 24.8 Å². The lowest BCUT2D eigenvalue weighted by Crippen LogP contribution is -2.71. The molecular weight excluding hydrogens is 578 g/mol. The number of amides is 2. The SMILES string of the molecule is COCC1=C(C(=O)OC2OC(C(=O)O)C(O)C(O)C2O)N2C(=O)[C@@H](NC(=O)/C(=N\OC)c3csc(N)n3)[C@H]2SC1. The molecule has 0 saturated carbocycles. The molecule has 2 fully saturated rings. The minimum atomic E-state index is -2.00. The zero-order valence-electron chi connectivity index (χ0n) is 20.8. The van der Waals surface area contributed by atoms with Gasteiger partial charge in [-0.3, -0.25) is 14.5 Å². The topological polar surface area (TPSA) is 253 Å². The molecular formula is C21H25N5O12S2. The van der Waals surface area contributed by atoms with Crippen molar-refractivity contribution in [3.63, 3.8) is 0 Å². The Kier molecular flexibility index (Phi) is 8.93. The van der Waals surface area contributed by atoms with Gasteiger partial charge >= 0.3 is 11.9 Å². The van der Waals surface area contributed by atoms with Gasteiger partial charge in [0.2, 0.25) is 6.29 Å². The number of carbonyl (C=O) groups excluding carboxylic acids is 3. The number of methoxy groups -OCH3 is 1. The number of β-lactam (4-membered cyclic amide) rings is 1. The number of nitrogen functional groups attached to an aromatic ring is 1. The van der Waals surface area contributed by atoms with Crippen molar-refractivity contribution < 1.29 is 58.7 Å². The Bertz CT molecular complexity index is 1250. The highest BCUT2D eigenvalue weighted by Crippen LogP contribution is 2.41. The number of nitrogens with zero attached hydrogens (tertiary/aromatic N) is 3. The zero-order valence-corrected chi connectivity index (χ0v) is 22.5. The first kappa shape index (κ1) is 29.6. The van der Waals surface area contributed by atoms with Crippen LogP contribution in [0, 0.1) is 0 Å². The van der Waals surface area contributed by atoms with Crippen molar-refractivity contribution in [3.8, 4) is 0 Å². The van der Waals surface area contributed by atoms with Crippen LogP contribution in [0.2, 0.25) is 0 Å². The number of rotatable bonds is 9. The summed E-state index contributed by atoms with van der Waals surface area (Å²) >= 11 is 2.29. The number of hydrogen-bond donors (Lipinski definition) is 6. The van der Waals surface area contributed by atoms with Crippen LogP contribution < -0.4 is 11.1 Å². The standard InChI is InChI=1S/C21H25N5O12S2/c1-35-3-6-4-39-17-9(24-15(30)8(25-36-2)7-5-40-21(22)23-7)16(31)26(17)10(6)19(34)38-20-13(29)11(27)12(28)14(37-20)18(32)33/h5,9,11-14,17,20,27-29H,3-4H2,1-2H3,(H2,22,23)(H,24,30)(H,32,33)/b25-8-/t9-,11?,12?,13?,14?,17-,20?/m1/s1. The molecule has 218 valence electrons. The number of ether oxygens (including phenoxy) is 3. The van der Waals surface area contributed by atoms with E-state index in [1.54, 1.807) is 0 Å². The molecule has 0 aromatic carbocycles. The molecule has 4 heterocycles. The number of carbonyl (C=O) groups is 4. The number of thiazole rings is 1. The van der Waals surface area contributed by atoms with Crippen molar-refractivity contribution in [2.45, 2.75) is 42.1 Å². The number of hydrogen-bond acceptors (Lipinski definition) is 16. The maximum absolute atomic E-state index is 13.2. The fourth-order valence-corrected chi connectivity index (χ4v) is 6.04. The first-order chi connectivity index (χ1) is 19.0. The molecule has 17 nitrogen and oxygen atoms in total. The summed E-state index contributed by atoms with van der Waals surface area (Å²) in [5, 5.41) is 46.5. The quantitative estimate of drug-likeness (QED) is 0.0704. The number of aromatic nitrogens is 1. The minimum absolute atomic E-state index is 0.0893. The van der Waals surface area contributed by atoms with Gasteiger partial charge in [-0.1, -0.05) is 5.16 Å². The van der Waals surface area contributed by atoms with E-state index in [1.807, 2.05) is 0 Å². The lowest BCUT2D eigenvalue weighted by Gasteiger charge is -2.50. The summed E-state index contributed by atoms with van der Waals surface area (Å²) in [7, 11) is 2.58. The van der Waals surface area contributed by atoms with Gasteiger partial charge in [0.05, 0.1) is 6.61 Å². The molecule has 0 aliphatic carbocycles. The molecule has 1 aromatic rings. The van der Waals surface area contributed by atoms with Gasteiger partial charge in [0, 0.05) is 18.2 Å². The Labute approximate surface area is 233 Å². The second-order valence-electron chi connectivity index (χ2n) is 8.58. The van der Waals surface area contributed by atoms with E-state index in [0.717, 1.165) is 16.2 Å². The first-order valence-corrected chi connectivity index (χ1v) is 13.3. The Morgan fingerprint density at radius 2 is 1.98 bits per heavy atom. The third kappa shape index (κ3) is 5.48. The first-order valence-electron chi connectivity index (χ1n) is 11.4. The maximum Gasteiger partial charge on any atom is 0.357 e. The summed E-state index contributed by atoms with van der Waals surface area (Å²) in [4.78, 5) is 60.6. The lowest BCUT2D eigenvalue weighted by molar-refractivity contribution is -0.285. The van der Waals surface area contributed by atoms with E-state index in [9.17, 15) is 39.6 Å². The van der Waals surface area contributed by atoms with E-state index in [2.05, 4.69) is 15.5 Å². The number of nitrogens with two attached hydrogens (primary N) is 1. The summed E-state index contributed by atoms with van der Waals surface area (Å²) in [6, 6.07) is -1.09. The van der Waals surface area contributed by atoms with Crippen molar-refractivity contribution in [1.29, 1.82) is 0 Å². The van der Waals surface area contributed by atoms with E-state index < -0.39 is 65.9 Å². The highest BCUT2D eigenvalue weighted by molar-refractivity contribution is 8.00. The Balaban J connectivity index is 1.53. The molecule has 7 N–H and O–H groups in total. The summed E-state index contributed by atoms with van der Waals surface area (Å²) < 4.78 is 15.3. The molecule has 3 aliphatic rings. The van der Waals surface area contributed by atoms with Gasteiger partial charge in [0.15, 0.2) is 16.9 Å². The van der Waals surface area contributed by atoms with Gasteiger partial charge in [-0.25, -0.2) is 14.6 Å². The molecule has 4 rings (SSSR count). The average molecular weight is 604 g/mol. The highest BCUT2D eigenvalue weighted by Gasteiger charge is 2.56. The van der Waals surface area contributed by atoms with Gasteiger partial charge < -0.3 is 50.5 Å². The molecule has 19 heteroatoms. The number of aliphatic carboxylic acids is 1. The van der Waals surface area contributed by atoms with Crippen LogP contribution in [0.5, 0.6) is 0 Å². The molecule has 2 saturated heterocycles. The fourth-order valence-electron chi connectivity index (χ4n) is 4.17. The van der Waals surface area contributed by atoms with Crippen LogP contribution in [0.15, 0.2) is 21.8 Å². The number of carboxylic acids is 1. The average Bonchev–Trinajstić information content (AvgIpc) is 3.35. The summed E-state index contributed by atoms with van der Waals surface area (Å²) in [6.45, 7) is -0.0893. The van der Waals surface area contributed by atoms with Gasteiger partial charge in [-0.2, -0.15) is 0 Å². The van der Waals surface area contributed by atoms with E-state index in [1.165, 1.54) is 31.4 Å². The van der Waals surface area contributed by atoms with Crippen molar-refractivity contribution >= 4 is 57.7 Å². The molecule has 2 amide bonds. The predicted octanol–water partition coefficient (Wildman–Crippen LogP) is -3.19. The Hall–Kier alpha value is -3.33. The monoisotopic (exact) mass is 603 g/mol. The van der Waals surface area contributed by atoms with Gasteiger partial charge in [0.1, 0.15) is 48.2 Å². The number of aliphatic hydroxyl groups excluding tert-OH is 3. The number of oxime groups is 1. The van der Waals surface area contributed by atoms with Gasteiger partial charge in [0.25, 0.3) is 11.8 Å². The van der Waals surface area contributed by atoms with Crippen molar-refractivity contribution in [2.75, 3.05) is 32.3 Å². The number of nitrogens with one attached hydrogen (secondary N) is 1. The van der Waals surface area contributed by atoms with E-state index in [0.29, 0.717) is 5.57 Å². The molecule has 40 heavy (non-hydrogen) atoms. The zero-order chi connectivity index (χ0) is 29.3. The smallest absolute Gasteiger partial charge is 0.357 e. The van der Waals surface area contributed by atoms with Crippen LogP contribution in [0.25, 0.3) is 0 Å². The van der Waals surface area contributed by atoms with Gasteiger partial charge in [-0.05, 0) is 5.57 Å². The number of aliphatic hydroxyl groups is 3. The molecule has 0 bridgehead atoms. The Morgan fingerprint density at radius 3 is 2.58 bits per heavy atom. The van der Waals surface area contributed by atoms with Crippen LogP contribution in [-0.2, 0) is 38.2 Å². The number of anilines is 1. The maximum atomic E-state index is 13.2. The van der Waals surface area contributed by atoms with Crippen molar-refractivity contribution in [2.24, 2.45) is 5.16 Å². The predicted molar refractivity (Wildman–Crippen MR) is 134 cm³/mol. The van der Waals surface area contributed by atoms with Crippen LogP contribution in [0.4, 0.5) is 5.13 Å². The minimum Gasteiger partial charge on any atom is -0.479 e. The lowest BCUT2D eigenvalue weighted by atomic mass is 9.99. The van der Waals surface area contributed by atoms with E-state index >= 15 is 0 Å². The highest BCUT2D eigenvalue weighted by atomic mass is 32.2. The molecule has 1 aromatic heterocycles. The fraction of sp³-hybridized carbons (Fsp3) is 0.524. The number of esters is 1. The van der Waals surface area contributed by atoms with Crippen LogP contribution in [-0.4, -0.2) is 128 Å². The summed E-state index contributed by atoms with van der Waals surface area (Å²) in [6.07, 6.45) is -9.97. The van der Waals surface area contributed by atoms with Gasteiger partial charge in [-0.15, -0.1) is 23.1 Å². The van der Waals surface area contributed by atoms with Crippen molar-refractivity contribution in [3.05, 3.63) is 22.3 Å². The Morgan fingerprint density at radius 1 is 1.25 bits per heavy atom. The third-order valence-electron chi connectivity index (χ3n) is 6.04. The summed E-state index contributed by atoms with van der Waals surface area (Å²) in [5.74, 6) is -4.15. The third-order valence-corrected chi connectivity index (χ3v) is 8.06. The van der Waals surface area contributed by atoms with Crippen LogP contribution in [0.3, 0.4) is 0 Å². The molecule has 0 radical (unpaired) electrons. The number of carboxylic acid groups (broad SMARTS) is 1. The number of thioether (sulfide) groups is 1. The second kappa shape index (κ2) is 12.0. The number of fused-ring (bicyclic) bond motifs is 1. The molecule has 3 aliphatic heterocycles. The second-order valence-corrected chi connectivity index (χ2v) is 10.6. The summed E-state index contributed by atoms with van der Waals surface area (Å²) in [5.41, 5.74) is 5.60. The van der Waals surface area contributed by atoms with Crippen LogP contribution in [0.1, 0.15) is 5.69 Å². The largest absolute Gasteiger partial charge is 0.479 e. The van der Waals surface area contributed by atoms with E-state index in [-0.39, 0.29) is 34.6 Å². The molecule has 5 unspecified atom stereocenters. The molecule has 7 atom stereocenters. The molecule has 0 spiro atoms. The van der Waals surface area contributed by atoms with Crippen molar-refractivity contribution in [1.82, 2.24) is 15.2 Å². The van der Waals surface area contributed by atoms with Crippen LogP contribution >= 0.6 is 23.1 Å².